The van der Waals surface area contributed by atoms with E-state index in [2.05, 4.69) is 5.32 Å². The fourth-order valence-corrected chi connectivity index (χ4v) is 5.16. The normalized spacial score (nSPS) is 19.6. The van der Waals surface area contributed by atoms with Crippen molar-refractivity contribution >= 4 is 28.2 Å². The van der Waals surface area contributed by atoms with Crippen LogP contribution < -0.4 is 5.32 Å². The molecule has 1 atom stereocenters. The van der Waals surface area contributed by atoms with Crippen molar-refractivity contribution in [1.82, 2.24) is 4.90 Å². The molecular formula is C22H26N2O3S. The van der Waals surface area contributed by atoms with Crippen molar-refractivity contribution < 1.29 is 14.3 Å². The van der Waals surface area contributed by atoms with Crippen LogP contribution in [0, 0.1) is 6.92 Å². The highest BCUT2D eigenvalue weighted by Crippen LogP contribution is 2.41. The molecule has 148 valence electrons. The van der Waals surface area contributed by atoms with Gasteiger partial charge in [0.2, 0.25) is 0 Å². The molecule has 1 aromatic carbocycles. The van der Waals surface area contributed by atoms with Crippen LogP contribution in [0.4, 0.5) is 5.00 Å². The molecule has 5 nitrogen and oxygen atoms in total. The van der Waals surface area contributed by atoms with Crippen molar-refractivity contribution in [3.05, 3.63) is 41.5 Å². The first kappa shape index (κ1) is 19.2. The number of anilines is 1. The zero-order valence-corrected chi connectivity index (χ0v) is 17.0. The minimum Gasteiger partial charge on any atom is -0.368 e. The molecule has 4 rings (SSSR count). The number of rotatable bonds is 4. The minimum atomic E-state index is -0.416. The molecule has 0 radical (unpaired) electrons. The fourth-order valence-electron chi connectivity index (χ4n) is 3.96. The Morgan fingerprint density at radius 2 is 1.86 bits per heavy atom. The van der Waals surface area contributed by atoms with Crippen molar-refractivity contribution in [2.75, 3.05) is 25.0 Å². The first-order chi connectivity index (χ1) is 13.6. The molecule has 2 aliphatic rings. The van der Waals surface area contributed by atoms with Gasteiger partial charge in [0.25, 0.3) is 11.8 Å². The van der Waals surface area contributed by atoms with Crippen LogP contribution >= 0.6 is 11.3 Å². The van der Waals surface area contributed by atoms with Gasteiger partial charge in [0, 0.05) is 24.6 Å². The van der Waals surface area contributed by atoms with Gasteiger partial charge in [-0.3, -0.25) is 9.59 Å². The Labute approximate surface area is 169 Å². The van der Waals surface area contributed by atoms with E-state index in [4.69, 9.17) is 4.74 Å². The monoisotopic (exact) mass is 398 g/mol. The van der Waals surface area contributed by atoms with Crippen molar-refractivity contribution in [3.63, 3.8) is 0 Å². The van der Waals surface area contributed by atoms with E-state index in [1.165, 1.54) is 17.8 Å². The third-order valence-corrected chi connectivity index (χ3v) is 6.76. The molecule has 0 aliphatic carbocycles. The highest BCUT2D eigenvalue weighted by atomic mass is 32.1. The number of nitrogens with zero attached hydrogens (tertiary/aromatic N) is 1. The number of likely N-dealkylation sites (tertiary alicyclic amines) is 1. The van der Waals surface area contributed by atoms with E-state index in [0.29, 0.717) is 17.2 Å². The van der Waals surface area contributed by atoms with E-state index in [0.717, 1.165) is 54.8 Å². The molecule has 2 saturated heterocycles. The zero-order chi connectivity index (χ0) is 19.5. The summed E-state index contributed by atoms with van der Waals surface area (Å²) < 4.78 is 5.52. The highest BCUT2D eigenvalue weighted by molar-refractivity contribution is 7.20. The average molecular weight is 399 g/mol. The molecule has 2 aliphatic heterocycles. The molecule has 0 saturated carbocycles. The molecular weight excluding hydrogens is 372 g/mol. The first-order valence-corrected chi connectivity index (χ1v) is 10.9. The van der Waals surface area contributed by atoms with E-state index in [9.17, 15) is 9.59 Å². The van der Waals surface area contributed by atoms with Crippen LogP contribution in [0.25, 0.3) is 10.4 Å². The summed E-state index contributed by atoms with van der Waals surface area (Å²) >= 11 is 1.48. The van der Waals surface area contributed by atoms with Gasteiger partial charge in [-0.25, -0.2) is 0 Å². The van der Waals surface area contributed by atoms with Gasteiger partial charge in [0.1, 0.15) is 11.1 Å². The summed E-state index contributed by atoms with van der Waals surface area (Å²) in [4.78, 5) is 29.0. The number of amides is 2. The van der Waals surface area contributed by atoms with Gasteiger partial charge in [-0.2, -0.15) is 0 Å². The van der Waals surface area contributed by atoms with Crippen LogP contribution in [-0.2, 0) is 9.53 Å². The van der Waals surface area contributed by atoms with Gasteiger partial charge in [-0.15, -0.1) is 11.3 Å². The Morgan fingerprint density at radius 3 is 2.54 bits per heavy atom. The van der Waals surface area contributed by atoms with Crippen molar-refractivity contribution in [2.24, 2.45) is 0 Å². The number of ether oxygens (including phenoxy) is 1. The molecule has 1 unspecified atom stereocenters. The van der Waals surface area contributed by atoms with Gasteiger partial charge >= 0.3 is 0 Å². The lowest BCUT2D eigenvalue weighted by atomic mass is 10.0. The lowest BCUT2D eigenvalue weighted by Gasteiger charge is -2.27. The molecule has 2 amide bonds. The standard InChI is InChI=1S/C22H26N2O3S/c1-15-18(22(26)24-12-6-3-7-13-24)21(23-20(25)17-11-8-14-27-17)28-19(15)16-9-4-2-5-10-16/h2,4-5,9-10,17H,3,6-8,11-14H2,1H3,(H,23,25). The minimum absolute atomic E-state index is 0.0262. The SMILES string of the molecule is Cc1c(-c2ccccc2)sc(NC(=O)C2CCCO2)c1C(=O)N1CCCCC1. The summed E-state index contributed by atoms with van der Waals surface area (Å²) in [6, 6.07) is 10.0. The van der Waals surface area contributed by atoms with Crippen molar-refractivity contribution in [1.29, 1.82) is 0 Å². The number of benzene rings is 1. The van der Waals surface area contributed by atoms with Gasteiger partial charge < -0.3 is 15.0 Å². The maximum absolute atomic E-state index is 13.3. The summed E-state index contributed by atoms with van der Waals surface area (Å²) in [7, 11) is 0. The summed E-state index contributed by atoms with van der Waals surface area (Å²) in [5.41, 5.74) is 2.64. The lowest BCUT2D eigenvalue weighted by molar-refractivity contribution is -0.124. The first-order valence-electron chi connectivity index (χ1n) is 10.1. The Kier molecular flexibility index (Phi) is 5.78. The Hall–Kier alpha value is -2.18. The quantitative estimate of drug-likeness (QED) is 0.827. The van der Waals surface area contributed by atoms with Crippen LogP contribution in [0.15, 0.2) is 30.3 Å². The van der Waals surface area contributed by atoms with Crippen LogP contribution in [0.2, 0.25) is 0 Å². The molecule has 28 heavy (non-hydrogen) atoms. The summed E-state index contributed by atoms with van der Waals surface area (Å²) in [6.45, 7) is 4.18. The van der Waals surface area contributed by atoms with Gasteiger partial charge in [0.15, 0.2) is 0 Å². The van der Waals surface area contributed by atoms with Crippen LogP contribution in [0.5, 0.6) is 0 Å². The Bertz CT molecular complexity index is 850. The van der Waals surface area contributed by atoms with E-state index >= 15 is 0 Å². The molecule has 0 spiro atoms. The second-order valence-corrected chi connectivity index (χ2v) is 8.49. The number of hydrogen-bond acceptors (Lipinski definition) is 4. The molecule has 3 heterocycles. The van der Waals surface area contributed by atoms with Gasteiger partial charge in [-0.1, -0.05) is 30.3 Å². The highest BCUT2D eigenvalue weighted by Gasteiger charge is 2.30. The Morgan fingerprint density at radius 1 is 1.11 bits per heavy atom. The molecule has 6 heteroatoms. The number of carbonyl (C=O) groups excluding carboxylic acids is 2. The number of nitrogens with one attached hydrogen (secondary N) is 1. The number of piperidine rings is 1. The summed E-state index contributed by atoms with van der Waals surface area (Å²) in [6.07, 6.45) is 4.47. The van der Waals surface area contributed by atoms with Crippen LogP contribution in [0.1, 0.15) is 48.0 Å². The van der Waals surface area contributed by atoms with Crippen LogP contribution in [-0.4, -0.2) is 42.5 Å². The van der Waals surface area contributed by atoms with Gasteiger partial charge in [0.05, 0.1) is 5.56 Å². The lowest BCUT2D eigenvalue weighted by Crippen LogP contribution is -2.36. The molecule has 2 aromatic rings. The average Bonchev–Trinajstić information content (AvgIpc) is 3.37. The van der Waals surface area contributed by atoms with Crippen LogP contribution in [0.3, 0.4) is 0 Å². The maximum atomic E-state index is 13.3. The smallest absolute Gasteiger partial charge is 0.257 e. The maximum Gasteiger partial charge on any atom is 0.257 e. The van der Waals surface area contributed by atoms with Crippen molar-refractivity contribution in [3.8, 4) is 10.4 Å². The predicted molar refractivity (Wildman–Crippen MR) is 112 cm³/mol. The number of hydrogen-bond donors (Lipinski definition) is 1. The van der Waals surface area contributed by atoms with E-state index in [1.807, 2.05) is 42.2 Å². The summed E-state index contributed by atoms with van der Waals surface area (Å²) in [5.74, 6) is -0.121. The Balaban J connectivity index is 1.69. The summed E-state index contributed by atoms with van der Waals surface area (Å²) in [5, 5.41) is 3.66. The predicted octanol–water partition coefficient (Wildman–Crippen LogP) is 4.47. The van der Waals surface area contributed by atoms with Crippen molar-refractivity contribution in [2.45, 2.75) is 45.1 Å². The number of carbonyl (C=O) groups is 2. The molecule has 0 bridgehead atoms. The van der Waals surface area contributed by atoms with E-state index < -0.39 is 6.10 Å². The van der Waals surface area contributed by atoms with E-state index in [1.54, 1.807) is 0 Å². The molecule has 1 N–H and O–H groups in total. The third-order valence-electron chi connectivity index (χ3n) is 5.50. The third kappa shape index (κ3) is 3.84. The topological polar surface area (TPSA) is 58.6 Å². The molecule has 1 aromatic heterocycles. The van der Waals surface area contributed by atoms with E-state index in [-0.39, 0.29) is 11.8 Å². The second kappa shape index (κ2) is 8.45. The second-order valence-electron chi connectivity index (χ2n) is 7.47. The largest absolute Gasteiger partial charge is 0.368 e. The molecule has 2 fully saturated rings. The number of thiophene rings is 1. The zero-order valence-electron chi connectivity index (χ0n) is 16.2. The van der Waals surface area contributed by atoms with Gasteiger partial charge in [-0.05, 0) is 50.2 Å². The fraction of sp³-hybridized carbons (Fsp3) is 0.455.